The largest absolute Gasteiger partial charge is 0.271 e. The van der Waals surface area contributed by atoms with Crippen LogP contribution >= 0.6 is 38.5 Å². The average molecular weight is 445 g/mol. The predicted molar refractivity (Wildman–Crippen MR) is 96.6 cm³/mol. The summed E-state index contributed by atoms with van der Waals surface area (Å²) in [6, 6.07) is 14.9. The number of nitrogens with one attached hydrogen (secondary N) is 1. The molecule has 2 aromatic carbocycles. The van der Waals surface area contributed by atoms with Gasteiger partial charge in [0.25, 0.3) is 0 Å². The highest BCUT2D eigenvalue weighted by Crippen LogP contribution is 2.29. The van der Waals surface area contributed by atoms with E-state index in [0.29, 0.717) is 5.92 Å². The fourth-order valence-corrected chi connectivity index (χ4v) is 3.20. The molecule has 2 nitrogen and oxygen atoms in total. The Hall–Kier alpha value is -0.430. The summed E-state index contributed by atoms with van der Waals surface area (Å²) in [4.78, 5) is 0. The van der Waals surface area contributed by atoms with E-state index in [9.17, 15) is 0 Å². The van der Waals surface area contributed by atoms with Crippen LogP contribution in [-0.2, 0) is 0 Å². The smallest absolute Gasteiger partial charge is 0.0720 e. The Bertz CT molecular complexity index is 582. The van der Waals surface area contributed by atoms with Gasteiger partial charge in [0.05, 0.1) is 6.04 Å². The molecular weight excluding hydrogens is 427 g/mol. The molecule has 0 heterocycles. The van der Waals surface area contributed by atoms with E-state index in [-0.39, 0.29) is 6.04 Å². The van der Waals surface area contributed by atoms with Crippen molar-refractivity contribution in [3.63, 3.8) is 0 Å². The molecule has 0 saturated carbocycles. The maximum Gasteiger partial charge on any atom is 0.0720 e. The van der Waals surface area contributed by atoms with Gasteiger partial charge >= 0.3 is 0 Å². The minimum Gasteiger partial charge on any atom is -0.271 e. The molecule has 0 amide bonds. The molecule has 0 aliphatic rings. The summed E-state index contributed by atoms with van der Waals surface area (Å²) in [5.74, 6) is 6.33. The highest BCUT2D eigenvalue weighted by atomic mass is 127. The molecule has 0 aliphatic heterocycles. The highest BCUT2D eigenvalue weighted by Gasteiger charge is 2.16. The number of benzene rings is 2. The molecule has 0 aliphatic carbocycles. The molecule has 2 aromatic rings. The Morgan fingerprint density at radius 3 is 2.20 bits per heavy atom. The first kappa shape index (κ1) is 15.9. The van der Waals surface area contributed by atoms with Crippen molar-refractivity contribution in [2.75, 3.05) is 0 Å². The van der Waals surface area contributed by atoms with Gasteiger partial charge in [0.15, 0.2) is 0 Å². The molecule has 4 heteroatoms. The van der Waals surface area contributed by atoms with Crippen molar-refractivity contribution in [3.8, 4) is 0 Å². The van der Waals surface area contributed by atoms with Gasteiger partial charge in [-0.25, -0.2) is 5.43 Å². The SMILES string of the molecule is CC(C)c1ccc(C(NN)c2cc(Br)ccc2I)cc1. The van der Waals surface area contributed by atoms with Crippen molar-refractivity contribution in [3.05, 3.63) is 67.2 Å². The quantitative estimate of drug-likeness (QED) is 0.406. The van der Waals surface area contributed by atoms with Gasteiger partial charge in [0.2, 0.25) is 0 Å². The Balaban J connectivity index is 2.39. The Morgan fingerprint density at radius 2 is 1.65 bits per heavy atom. The summed E-state index contributed by atoms with van der Waals surface area (Å²) in [6.45, 7) is 4.40. The summed E-state index contributed by atoms with van der Waals surface area (Å²) >= 11 is 5.87. The zero-order chi connectivity index (χ0) is 14.7. The second-order valence-corrected chi connectivity index (χ2v) is 7.16. The van der Waals surface area contributed by atoms with E-state index in [0.717, 1.165) is 4.47 Å². The molecule has 2 rings (SSSR count). The standard InChI is InChI=1S/C16H18BrIN2/c1-10(2)11-3-5-12(6-4-11)16(20-19)14-9-13(17)7-8-15(14)18/h3-10,16,20H,19H2,1-2H3. The average Bonchev–Trinajstić information content (AvgIpc) is 2.44. The molecule has 0 spiro atoms. The fraction of sp³-hybridized carbons (Fsp3) is 0.250. The van der Waals surface area contributed by atoms with Crippen LogP contribution in [0.25, 0.3) is 0 Å². The number of hydrogen-bond acceptors (Lipinski definition) is 2. The van der Waals surface area contributed by atoms with E-state index in [1.54, 1.807) is 0 Å². The van der Waals surface area contributed by atoms with Crippen molar-refractivity contribution in [1.82, 2.24) is 5.43 Å². The summed E-state index contributed by atoms with van der Waals surface area (Å²) in [6.07, 6.45) is 0. The van der Waals surface area contributed by atoms with E-state index in [1.807, 2.05) is 6.07 Å². The third-order valence-electron chi connectivity index (χ3n) is 3.37. The van der Waals surface area contributed by atoms with Crippen molar-refractivity contribution in [1.29, 1.82) is 0 Å². The number of nitrogens with two attached hydrogens (primary N) is 1. The Labute approximate surface area is 142 Å². The van der Waals surface area contributed by atoms with Crippen LogP contribution < -0.4 is 11.3 Å². The molecule has 0 fully saturated rings. The lowest BCUT2D eigenvalue weighted by Crippen LogP contribution is -2.29. The lowest BCUT2D eigenvalue weighted by atomic mass is 9.96. The molecule has 3 N–H and O–H groups in total. The third-order valence-corrected chi connectivity index (χ3v) is 4.85. The van der Waals surface area contributed by atoms with E-state index < -0.39 is 0 Å². The van der Waals surface area contributed by atoms with Gasteiger partial charge in [-0.2, -0.15) is 0 Å². The van der Waals surface area contributed by atoms with Gasteiger partial charge in [-0.15, -0.1) is 0 Å². The normalized spacial score (nSPS) is 12.7. The first-order valence-corrected chi connectivity index (χ1v) is 8.41. The minimum atomic E-state index is 0.000567. The summed E-state index contributed by atoms with van der Waals surface area (Å²) < 4.78 is 2.26. The molecule has 1 unspecified atom stereocenters. The van der Waals surface area contributed by atoms with Crippen molar-refractivity contribution < 1.29 is 0 Å². The zero-order valence-electron chi connectivity index (χ0n) is 11.5. The zero-order valence-corrected chi connectivity index (χ0v) is 15.3. The molecule has 0 bridgehead atoms. The van der Waals surface area contributed by atoms with Crippen LogP contribution in [0.5, 0.6) is 0 Å². The summed E-state index contributed by atoms with van der Waals surface area (Å²) in [7, 11) is 0. The maximum atomic E-state index is 5.78. The summed E-state index contributed by atoms with van der Waals surface area (Å²) in [5.41, 5.74) is 6.62. The second-order valence-electron chi connectivity index (χ2n) is 5.09. The second kappa shape index (κ2) is 7.02. The van der Waals surface area contributed by atoms with E-state index in [2.05, 4.69) is 94.2 Å². The van der Waals surface area contributed by atoms with Crippen molar-refractivity contribution in [2.24, 2.45) is 5.84 Å². The van der Waals surface area contributed by atoms with Crippen LogP contribution in [0.1, 0.15) is 42.5 Å². The van der Waals surface area contributed by atoms with Crippen LogP contribution in [0.2, 0.25) is 0 Å². The molecular formula is C16H18BrIN2. The molecule has 0 radical (unpaired) electrons. The molecule has 0 saturated heterocycles. The van der Waals surface area contributed by atoms with Crippen LogP contribution in [0.3, 0.4) is 0 Å². The van der Waals surface area contributed by atoms with Crippen LogP contribution in [0.4, 0.5) is 0 Å². The van der Waals surface area contributed by atoms with Gasteiger partial charge in [-0.1, -0.05) is 54.0 Å². The maximum absolute atomic E-state index is 5.78. The lowest BCUT2D eigenvalue weighted by molar-refractivity contribution is 0.633. The van der Waals surface area contributed by atoms with E-state index >= 15 is 0 Å². The van der Waals surface area contributed by atoms with Gasteiger partial charge in [0, 0.05) is 8.04 Å². The molecule has 0 aromatic heterocycles. The monoisotopic (exact) mass is 444 g/mol. The molecule has 20 heavy (non-hydrogen) atoms. The fourth-order valence-electron chi connectivity index (χ4n) is 2.17. The van der Waals surface area contributed by atoms with Gasteiger partial charge < -0.3 is 0 Å². The van der Waals surface area contributed by atoms with E-state index in [1.165, 1.54) is 20.3 Å². The highest BCUT2D eigenvalue weighted by molar-refractivity contribution is 14.1. The minimum absolute atomic E-state index is 0.000567. The van der Waals surface area contributed by atoms with Crippen LogP contribution in [0.15, 0.2) is 46.9 Å². The molecule has 1 atom stereocenters. The Morgan fingerprint density at radius 1 is 1.05 bits per heavy atom. The first-order chi connectivity index (χ1) is 9.52. The topological polar surface area (TPSA) is 38.0 Å². The van der Waals surface area contributed by atoms with Crippen LogP contribution in [-0.4, -0.2) is 0 Å². The number of hydrogen-bond donors (Lipinski definition) is 2. The summed E-state index contributed by atoms with van der Waals surface area (Å²) in [5, 5.41) is 0. The molecule has 106 valence electrons. The Kier molecular flexibility index (Phi) is 5.60. The van der Waals surface area contributed by atoms with Gasteiger partial charge in [0.1, 0.15) is 0 Å². The van der Waals surface area contributed by atoms with Crippen LogP contribution in [0, 0.1) is 3.57 Å². The van der Waals surface area contributed by atoms with Crippen molar-refractivity contribution >= 4 is 38.5 Å². The predicted octanol–water partition coefficient (Wildman–Crippen LogP) is 4.73. The third kappa shape index (κ3) is 3.61. The van der Waals surface area contributed by atoms with Crippen molar-refractivity contribution in [2.45, 2.75) is 25.8 Å². The first-order valence-electron chi connectivity index (χ1n) is 6.54. The van der Waals surface area contributed by atoms with Gasteiger partial charge in [-0.3, -0.25) is 5.84 Å². The van der Waals surface area contributed by atoms with Gasteiger partial charge in [-0.05, 0) is 63.4 Å². The number of halogens is 2. The number of rotatable bonds is 4. The number of hydrazine groups is 1. The van der Waals surface area contributed by atoms with E-state index in [4.69, 9.17) is 5.84 Å². The lowest BCUT2D eigenvalue weighted by Gasteiger charge is -2.19.